The summed E-state index contributed by atoms with van der Waals surface area (Å²) in [6.45, 7) is 3.02. The number of ether oxygens (including phenoxy) is 1. The largest absolute Gasteiger partial charge is 0.450 e. The molecule has 8 nitrogen and oxygen atoms in total. The van der Waals surface area contributed by atoms with Gasteiger partial charge >= 0.3 is 6.09 Å². The van der Waals surface area contributed by atoms with E-state index in [0.29, 0.717) is 37.4 Å². The smallest absolute Gasteiger partial charge is 0.410 e. The molecule has 1 N–H and O–H groups in total. The molecule has 144 valence electrons. The van der Waals surface area contributed by atoms with Gasteiger partial charge < -0.3 is 19.5 Å². The van der Waals surface area contributed by atoms with Gasteiger partial charge in [0.05, 0.1) is 36.1 Å². The van der Waals surface area contributed by atoms with E-state index in [0.717, 1.165) is 22.2 Å². The maximum Gasteiger partial charge on any atom is 0.410 e. The van der Waals surface area contributed by atoms with E-state index in [4.69, 9.17) is 4.74 Å². The third-order valence-corrected chi connectivity index (χ3v) is 4.89. The number of carbonyl (C=O) groups excluding carboxylic acids is 2. The Balaban J connectivity index is 1.55. The number of hydrogen-bond donors (Lipinski definition) is 1. The van der Waals surface area contributed by atoms with E-state index in [2.05, 4.69) is 15.3 Å². The summed E-state index contributed by atoms with van der Waals surface area (Å²) in [7, 11) is 1.93. The molecule has 1 aliphatic heterocycles. The molecule has 0 fully saturated rings. The molecule has 3 heterocycles. The third kappa shape index (κ3) is 3.28. The molecule has 2 amide bonds. The first-order valence-electron chi connectivity index (χ1n) is 9.16. The van der Waals surface area contributed by atoms with Gasteiger partial charge in [-0.05, 0) is 42.7 Å². The first-order chi connectivity index (χ1) is 13.6. The van der Waals surface area contributed by atoms with E-state index in [9.17, 15) is 9.59 Å². The minimum atomic E-state index is -0.341. The van der Waals surface area contributed by atoms with Crippen molar-refractivity contribution in [3.05, 3.63) is 53.6 Å². The highest BCUT2D eigenvalue weighted by molar-refractivity contribution is 6.06. The van der Waals surface area contributed by atoms with Gasteiger partial charge in [-0.1, -0.05) is 0 Å². The average Bonchev–Trinajstić information content (AvgIpc) is 3.07. The Morgan fingerprint density at radius 2 is 2.14 bits per heavy atom. The number of hydrogen-bond acceptors (Lipinski definition) is 5. The summed E-state index contributed by atoms with van der Waals surface area (Å²) in [6.07, 6.45) is 5.26. The number of benzene rings is 1. The van der Waals surface area contributed by atoms with Crippen molar-refractivity contribution in [1.82, 2.24) is 19.4 Å². The van der Waals surface area contributed by atoms with Crippen LogP contribution >= 0.6 is 0 Å². The van der Waals surface area contributed by atoms with E-state index < -0.39 is 0 Å². The van der Waals surface area contributed by atoms with E-state index in [-0.39, 0.29) is 12.0 Å². The molecule has 2 aromatic heterocycles. The van der Waals surface area contributed by atoms with E-state index in [1.54, 1.807) is 30.5 Å². The number of nitrogens with one attached hydrogen (secondary N) is 1. The zero-order valence-electron chi connectivity index (χ0n) is 15.8. The van der Waals surface area contributed by atoms with Crippen LogP contribution in [0.2, 0.25) is 0 Å². The predicted molar refractivity (Wildman–Crippen MR) is 104 cm³/mol. The highest BCUT2D eigenvalue weighted by atomic mass is 16.6. The molecule has 0 aliphatic carbocycles. The molecule has 0 radical (unpaired) electrons. The Kier molecular flexibility index (Phi) is 4.68. The lowest BCUT2D eigenvalue weighted by Crippen LogP contribution is -2.37. The Morgan fingerprint density at radius 3 is 2.96 bits per heavy atom. The van der Waals surface area contributed by atoms with E-state index >= 15 is 0 Å². The Hall–Kier alpha value is -3.42. The quantitative estimate of drug-likeness (QED) is 0.756. The molecule has 28 heavy (non-hydrogen) atoms. The molecule has 0 unspecified atom stereocenters. The summed E-state index contributed by atoms with van der Waals surface area (Å²) in [4.78, 5) is 35.0. The molecule has 0 atom stereocenters. The number of nitrogens with zero attached hydrogens (tertiary/aromatic N) is 4. The van der Waals surface area contributed by atoms with Crippen LogP contribution in [0.15, 0.2) is 36.9 Å². The van der Waals surface area contributed by atoms with Gasteiger partial charge in [0, 0.05) is 31.7 Å². The molecule has 8 heteroatoms. The van der Waals surface area contributed by atoms with Crippen LogP contribution in [0.5, 0.6) is 0 Å². The number of fused-ring (bicyclic) bond motifs is 2. The summed E-state index contributed by atoms with van der Waals surface area (Å²) >= 11 is 0. The van der Waals surface area contributed by atoms with Crippen molar-refractivity contribution < 1.29 is 14.3 Å². The normalized spacial score (nSPS) is 13.3. The molecule has 0 spiro atoms. The minimum Gasteiger partial charge on any atom is -0.450 e. The van der Waals surface area contributed by atoms with Crippen molar-refractivity contribution in [3.63, 3.8) is 0 Å². The fourth-order valence-corrected chi connectivity index (χ4v) is 3.47. The fraction of sp³-hybridized carbons (Fsp3) is 0.300. The third-order valence-electron chi connectivity index (χ3n) is 4.89. The summed E-state index contributed by atoms with van der Waals surface area (Å²) in [5.41, 5.74) is 4.81. The van der Waals surface area contributed by atoms with Crippen LogP contribution < -0.4 is 5.32 Å². The Morgan fingerprint density at radius 1 is 1.29 bits per heavy atom. The molecular weight excluding hydrogens is 358 g/mol. The predicted octanol–water partition coefficient (Wildman–Crippen LogP) is 2.74. The van der Waals surface area contributed by atoms with Gasteiger partial charge in [0.15, 0.2) is 0 Å². The van der Waals surface area contributed by atoms with E-state index in [1.807, 2.05) is 29.8 Å². The number of amides is 2. The van der Waals surface area contributed by atoms with Gasteiger partial charge in [-0.15, -0.1) is 0 Å². The number of carbonyl (C=O) groups is 2. The lowest BCUT2D eigenvalue weighted by Gasteiger charge is -2.28. The number of pyridine rings is 1. The van der Waals surface area contributed by atoms with E-state index in [1.165, 1.54) is 0 Å². The molecule has 1 aliphatic rings. The molecule has 3 aromatic rings. The van der Waals surface area contributed by atoms with Crippen LogP contribution in [-0.4, -0.2) is 44.6 Å². The van der Waals surface area contributed by atoms with Crippen LogP contribution in [0.3, 0.4) is 0 Å². The maximum atomic E-state index is 12.9. The number of imidazole rings is 1. The monoisotopic (exact) mass is 379 g/mol. The minimum absolute atomic E-state index is 0.218. The highest BCUT2D eigenvalue weighted by Crippen LogP contribution is 2.24. The summed E-state index contributed by atoms with van der Waals surface area (Å²) < 4.78 is 6.99. The Labute approximate surface area is 162 Å². The van der Waals surface area contributed by atoms with Crippen molar-refractivity contribution in [2.75, 3.05) is 18.5 Å². The first-order valence-corrected chi connectivity index (χ1v) is 9.16. The molecular formula is C20H21N5O3. The molecule has 1 aromatic carbocycles. The zero-order chi connectivity index (χ0) is 19.7. The second kappa shape index (κ2) is 7.30. The van der Waals surface area contributed by atoms with Gasteiger partial charge in [0.1, 0.15) is 0 Å². The van der Waals surface area contributed by atoms with Crippen LogP contribution in [0.1, 0.15) is 28.4 Å². The first kappa shape index (κ1) is 18.0. The van der Waals surface area contributed by atoms with Crippen molar-refractivity contribution in [3.8, 4) is 0 Å². The highest BCUT2D eigenvalue weighted by Gasteiger charge is 2.25. The number of aryl methyl sites for hydroxylation is 1. The summed E-state index contributed by atoms with van der Waals surface area (Å²) in [5.74, 6) is -0.218. The second-order valence-corrected chi connectivity index (χ2v) is 6.71. The standard InChI is InChI=1S/C20H21N5O3/c1-3-28-20(27)25-7-6-15-13(11-25)9-21-10-16(15)19(26)23-14-4-5-18-17(8-14)22-12-24(18)2/h4-5,8-10,12H,3,6-7,11H2,1-2H3,(H,23,26). The van der Waals surface area contributed by atoms with Crippen LogP contribution in [0.25, 0.3) is 11.0 Å². The van der Waals surface area contributed by atoms with Crippen LogP contribution in [-0.2, 0) is 24.8 Å². The second-order valence-electron chi connectivity index (χ2n) is 6.71. The SMILES string of the molecule is CCOC(=O)N1CCc2c(cncc2C(=O)Nc2ccc3c(c2)ncn3C)C1. The zero-order valence-corrected chi connectivity index (χ0v) is 15.8. The summed E-state index contributed by atoms with van der Waals surface area (Å²) in [6, 6.07) is 5.62. The molecule has 0 saturated carbocycles. The average molecular weight is 379 g/mol. The summed E-state index contributed by atoms with van der Waals surface area (Å²) in [5, 5.41) is 2.93. The van der Waals surface area contributed by atoms with Crippen molar-refractivity contribution in [1.29, 1.82) is 0 Å². The van der Waals surface area contributed by atoms with Gasteiger partial charge in [0.25, 0.3) is 5.91 Å². The van der Waals surface area contributed by atoms with Crippen molar-refractivity contribution in [2.45, 2.75) is 19.9 Å². The molecule has 4 rings (SSSR count). The van der Waals surface area contributed by atoms with Gasteiger partial charge in [-0.25, -0.2) is 9.78 Å². The van der Waals surface area contributed by atoms with Gasteiger partial charge in [-0.3, -0.25) is 9.78 Å². The van der Waals surface area contributed by atoms with Gasteiger partial charge in [-0.2, -0.15) is 0 Å². The lowest BCUT2D eigenvalue weighted by atomic mass is 9.97. The number of rotatable bonds is 3. The van der Waals surface area contributed by atoms with Gasteiger partial charge in [0.2, 0.25) is 0 Å². The number of anilines is 1. The maximum absolute atomic E-state index is 12.9. The number of aromatic nitrogens is 3. The van der Waals surface area contributed by atoms with Crippen LogP contribution in [0, 0.1) is 0 Å². The molecule has 0 bridgehead atoms. The lowest BCUT2D eigenvalue weighted by molar-refractivity contribution is 0.101. The van der Waals surface area contributed by atoms with Crippen molar-refractivity contribution >= 4 is 28.7 Å². The fourth-order valence-electron chi connectivity index (χ4n) is 3.47. The molecule has 0 saturated heterocycles. The topological polar surface area (TPSA) is 89.3 Å². The van der Waals surface area contributed by atoms with Crippen LogP contribution in [0.4, 0.5) is 10.5 Å². The Bertz CT molecular complexity index is 1060. The van der Waals surface area contributed by atoms with Crippen molar-refractivity contribution in [2.24, 2.45) is 7.05 Å².